The van der Waals surface area contributed by atoms with Crippen LogP contribution >= 0.6 is 11.6 Å². The largest absolute Gasteiger partial charge is 0.398 e. The van der Waals surface area contributed by atoms with Gasteiger partial charge in [0.25, 0.3) is 0 Å². The standard InChI is InChI=1S/C14H22ClN3O2S/c1-3-18-6-4-12(5-7-18)17-21(19,20)14-9-11(15)8-13(16)10(14)2/h8-9,12,17H,3-7,16H2,1-2H3. The summed E-state index contributed by atoms with van der Waals surface area (Å²) >= 11 is 5.93. The second kappa shape index (κ2) is 6.52. The highest BCUT2D eigenvalue weighted by Gasteiger charge is 2.26. The summed E-state index contributed by atoms with van der Waals surface area (Å²) in [5.41, 5.74) is 6.74. The molecule has 0 amide bonds. The van der Waals surface area contributed by atoms with Crippen LogP contribution in [0.25, 0.3) is 0 Å². The number of nitrogens with two attached hydrogens (primary N) is 1. The quantitative estimate of drug-likeness (QED) is 0.827. The van der Waals surface area contributed by atoms with Crippen LogP contribution in [-0.2, 0) is 10.0 Å². The molecule has 1 aliphatic heterocycles. The van der Waals surface area contributed by atoms with Crippen molar-refractivity contribution in [2.24, 2.45) is 0 Å². The van der Waals surface area contributed by atoms with Gasteiger partial charge >= 0.3 is 0 Å². The highest BCUT2D eigenvalue weighted by molar-refractivity contribution is 7.89. The first-order valence-electron chi connectivity index (χ1n) is 7.13. The minimum absolute atomic E-state index is 0.0302. The maximum Gasteiger partial charge on any atom is 0.241 e. The maximum absolute atomic E-state index is 12.5. The number of likely N-dealkylation sites (tertiary alicyclic amines) is 1. The minimum atomic E-state index is -3.59. The number of benzene rings is 1. The van der Waals surface area contributed by atoms with Crippen LogP contribution in [0.2, 0.25) is 5.02 Å². The van der Waals surface area contributed by atoms with Gasteiger partial charge in [-0.1, -0.05) is 18.5 Å². The summed E-state index contributed by atoms with van der Waals surface area (Å²) in [6.45, 7) is 6.65. The van der Waals surface area contributed by atoms with Gasteiger partial charge in [0.1, 0.15) is 0 Å². The molecule has 0 saturated carbocycles. The van der Waals surface area contributed by atoms with E-state index in [9.17, 15) is 8.42 Å². The molecule has 0 spiro atoms. The van der Waals surface area contributed by atoms with Gasteiger partial charge in [-0.2, -0.15) is 0 Å². The molecule has 1 fully saturated rings. The lowest BCUT2D eigenvalue weighted by Gasteiger charge is -2.31. The Morgan fingerprint density at radius 2 is 2.00 bits per heavy atom. The summed E-state index contributed by atoms with van der Waals surface area (Å²) < 4.78 is 27.9. The number of anilines is 1. The summed E-state index contributed by atoms with van der Waals surface area (Å²) in [7, 11) is -3.59. The fourth-order valence-electron chi connectivity index (χ4n) is 2.60. The molecule has 1 heterocycles. The Morgan fingerprint density at radius 1 is 1.38 bits per heavy atom. The van der Waals surface area contributed by atoms with E-state index in [-0.39, 0.29) is 10.9 Å². The molecule has 1 aliphatic rings. The third-order valence-electron chi connectivity index (χ3n) is 4.01. The van der Waals surface area contributed by atoms with Crippen LogP contribution in [0.1, 0.15) is 25.3 Å². The SMILES string of the molecule is CCN1CCC(NS(=O)(=O)c2cc(Cl)cc(N)c2C)CC1. The van der Waals surface area contributed by atoms with Crippen molar-refractivity contribution in [1.29, 1.82) is 0 Å². The third kappa shape index (κ3) is 3.88. The molecular formula is C14H22ClN3O2S. The van der Waals surface area contributed by atoms with Gasteiger partial charge in [-0.15, -0.1) is 0 Å². The Kier molecular flexibility index (Phi) is 5.14. The molecule has 0 unspecified atom stereocenters. The number of hydrogen-bond donors (Lipinski definition) is 2. The Bertz CT molecular complexity index is 611. The van der Waals surface area contributed by atoms with Crippen LogP contribution in [0.5, 0.6) is 0 Å². The molecule has 0 radical (unpaired) electrons. The van der Waals surface area contributed by atoms with Gasteiger partial charge in [-0.3, -0.25) is 0 Å². The smallest absolute Gasteiger partial charge is 0.241 e. The molecule has 0 atom stereocenters. The number of nitrogen functional groups attached to an aromatic ring is 1. The van der Waals surface area contributed by atoms with E-state index in [1.807, 2.05) is 0 Å². The van der Waals surface area contributed by atoms with Gasteiger partial charge in [0.15, 0.2) is 0 Å². The van der Waals surface area contributed by atoms with Gasteiger partial charge in [-0.25, -0.2) is 13.1 Å². The van der Waals surface area contributed by atoms with Crippen molar-refractivity contribution in [2.75, 3.05) is 25.4 Å². The fourth-order valence-corrected chi connectivity index (χ4v) is 4.50. The number of nitrogens with one attached hydrogen (secondary N) is 1. The molecule has 1 saturated heterocycles. The van der Waals surface area contributed by atoms with E-state index >= 15 is 0 Å². The lowest BCUT2D eigenvalue weighted by Crippen LogP contribution is -2.44. The number of sulfonamides is 1. The Hall–Kier alpha value is -0.820. The molecule has 118 valence electrons. The molecule has 1 aromatic rings. The average molecular weight is 332 g/mol. The van der Waals surface area contributed by atoms with Gasteiger partial charge in [0.2, 0.25) is 10.0 Å². The van der Waals surface area contributed by atoms with E-state index < -0.39 is 10.0 Å². The van der Waals surface area contributed by atoms with E-state index in [0.29, 0.717) is 16.3 Å². The van der Waals surface area contributed by atoms with E-state index in [0.717, 1.165) is 32.5 Å². The molecule has 1 aromatic carbocycles. The zero-order valence-electron chi connectivity index (χ0n) is 12.4. The molecule has 3 N–H and O–H groups in total. The van der Waals surface area contributed by atoms with Crippen molar-refractivity contribution < 1.29 is 8.42 Å². The second-order valence-corrected chi connectivity index (χ2v) is 7.57. The molecule has 7 heteroatoms. The number of hydrogen-bond acceptors (Lipinski definition) is 4. The zero-order valence-corrected chi connectivity index (χ0v) is 14.0. The normalized spacial score (nSPS) is 18.0. The van der Waals surface area contributed by atoms with Gasteiger partial charge < -0.3 is 10.6 Å². The summed E-state index contributed by atoms with van der Waals surface area (Å²) in [6.07, 6.45) is 1.64. The highest BCUT2D eigenvalue weighted by Crippen LogP contribution is 2.26. The highest BCUT2D eigenvalue weighted by atomic mass is 35.5. The third-order valence-corrected chi connectivity index (χ3v) is 5.88. The second-order valence-electron chi connectivity index (χ2n) is 5.45. The molecule has 2 rings (SSSR count). The van der Waals surface area contributed by atoms with E-state index in [1.165, 1.54) is 6.07 Å². The summed E-state index contributed by atoms with van der Waals surface area (Å²) in [6, 6.07) is 2.99. The van der Waals surface area contributed by atoms with Gasteiger partial charge in [0.05, 0.1) is 4.90 Å². The van der Waals surface area contributed by atoms with Crippen LogP contribution in [0.15, 0.2) is 17.0 Å². The van der Waals surface area contributed by atoms with Crippen molar-refractivity contribution in [3.05, 3.63) is 22.7 Å². The molecule has 5 nitrogen and oxygen atoms in total. The lowest BCUT2D eigenvalue weighted by molar-refractivity contribution is 0.217. The molecular weight excluding hydrogens is 310 g/mol. The summed E-state index contributed by atoms with van der Waals surface area (Å²) in [5.74, 6) is 0. The predicted molar refractivity (Wildman–Crippen MR) is 86.1 cm³/mol. The number of halogens is 1. The first-order valence-corrected chi connectivity index (χ1v) is 9.00. The number of nitrogens with zero attached hydrogens (tertiary/aromatic N) is 1. The van der Waals surface area contributed by atoms with E-state index in [1.54, 1.807) is 13.0 Å². The lowest BCUT2D eigenvalue weighted by atomic mass is 10.1. The predicted octanol–water partition coefficient (Wildman–Crippen LogP) is 1.99. The fraction of sp³-hybridized carbons (Fsp3) is 0.571. The molecule has 21 heavy (non-hydrogen) atoms. The van der Waals surface area contributed by atoms with Crippen molar-refractivity contribution in [1.82, 2.24) is 9.62 Å². The Morgan fingerprint density at radius 3 is 2.57 bits per heavy atom. The first-order chi connectivity index (χ1) is 9.83. The van der Waals surface area contributed by atoms with Gasteiger partial charge in [-0.05, 0) is 57.1 Å². The zero-order chi connectivity index (χ0) is 15.6. The Labute approximate surface area is 131 Å². The first kappa shape index (κ1) is 16.5. The van der Waals surface area contributed by atoms with E-state index in [2.05, 4.69) is 16.5 Å². The monoisotopic (exact) mass is 331 g/mol. The number of rotatable bonds is 4. The minimum Gasteiger partial charge on any atom is -0.398 e. The van der Waals surface area contributed by atoms with Crippen molar-refractivity contribution in [2.45, 2.75) is 37.6 Å². The molecule has 0 aliphatic carbocycles. The average Bonchev–Trinajstić information content (AvgIpc) is 2.43. The summed E-state index contributed by atoms with van der Waals surface area (Å²) in [4.78, 5) is 2.48. The van der Waals surface area contributed by atoms with Crippen LogP contribution in [0.3, 0.4) is 0 Å². The molecule has 0 aromatic heterocycles. The number of piperidine rings is 1. The van der Waals surface area contributed by atoms with E-state index in [4.69, 9.17) is 17.3 Å². The Balaban J connectivity index is 2.16. The van der Waals surface area contributed by atoms with Crippen LogP contribution in [0.4, 0.5) is 5.69 Å². The van der Waals surface area contributed by atoms with Crippen LogP contribution < -0.4 is 10.5 Å². The van der Waals surface area contributed by atoms with Crippen molar-refractivity contribution >= 4 is 27.3 Å². The molecule has 0 bridgehead atoms. The maximum atomic E-state index is 12.5. The van der Waals surface area contributed by atoms with Crippen LogP contribution in [0, 0.1) is 6.92 Å². The van der Waals surface area contributed by atoms with Crippen molar-refractivity contribution in [3.8, 4) is 0 Å². The summed E-state index contributed by atoms with van der Waals surface area (Å²) in [5, 5.41) is 0.333. The van der Waals surface area contributed by atoms with Crippen LogP contribution in [-0.4, -0.2) is 39.0 Å². The van der Waals surface area contributed by atoms with Crippen molar-refractivity contribution in [3.63, 3.8) is 0 Å². The topological polar surface area (TPSA) is 75.4 Å². The van der Waals surface area contributed by atoms with Gasteiger partial charge in [0, 0.05) is 16.8 Å².